The summed E-state index contributed by atoms with van der Waals surface area (Å²) in [6.45, 7) is 1.37. The van der Waals surface area contributed by atoms with Gasteiger partial charge in [0.25, 0.3) is 0 Å². The van der Waals surface area contributed by atoms with Crippen LogP contribution in [-0.2, 0) is 12.5 Å². The highest BCUT2D eigenvalue weighted by atomic mass is 19.4. The minimum atomic E-state index is -5.95. The van der Waals surface area contributed by atoms with Crippen LogP contribution in [0.1, 0.15) is 25.5 Å². The maximum atomic E-state index is 13.3. The molecule has 0 radical (unpaired) electrons. The Morgan fingerprint density at radius 1 is 1.32 bits per heavy atom. The first-order chi connectivity index (χ1) is 8.63. The van der Waals surface area contributed by atoms with Gasteiger partial charge in [0, 0.05) is 6.54 Å². The van der Waals surface area contributed by atoms with Crippen molar-refractivity contribution in [2.24, 2.45) is 0 Å². The minimum Gasteiger partial charge on any atom is -0.358 e. The Balaban J connectivity index is 3.36. The molecular formula is C8H9F5N4O2. The van der Waals surface area contributed by atoms with Gasteiger partial charge >= 0.3 is 17.9 Å². The van der Waals surface area contributed by atoms with Gasteiger partial charge in [0.1, 0.15) is 5.10 Å². The van der Waals surface area contributed by atoms with Crippen LogP contribution in [0.3, 0.4) is 0 Å². The van der Waals surface area contributed by atoms with Gasteiger partial charge in [0.05, 0.1) is 5.21 Å². The van der Waals surface area contributed by atoms with Gasteiger partial charge in [-0.15, -0.1) is 0 Å². The maximum Gasteiger partial charge on any atom is 0.460 e. The molecule has 0 aliphatic rings. The Morgan fingerprint density at radius 3 is 2.32 bits per heavy atom. The molecule has 0 aliphatic carbocycles. The van der Waals surface area contributed by atoms with E-state index in [0.717, 1.165) is 0 Å². The van der Waals surface area contributed by atoms with Crippen LogP contribution < -0.4 is 0 Å². The number of halogens is 5. The first-order valence-electron chi connectivity index (χ1n) is 5.15. The van der Waals surface area contributed by atoms with Crippen molar-refractivity contribution in [1.82, 2.24) is 15.0 Å². The van der Waals surface area contributed by atoms with Gasteiger partial charge in [-0.25, -0.2) is 4.68 Å². The fourth-order valence-electron chi connectivity index (χ4n) is 1.33. The SMILES string of the molecule is CCCCn1nnc([N+](=O)[O-])c1C(F)(F)C(F)(F)F. The molecule has 0 spiro atoms. The summed E-state index contributed by atoms with van der Waals surface area (Å²) in [5, 5.41) is 16.3. The summed E-state index contributed by atoms with van der Waals surface area (Å²) < 4.78 is 63.7. The molecule has 0 N–H and O–H groups in total. The fraction of sp³-hybridized carbons (Fsp3) is 0.750. The predicted octanol–water partition coefficient (Wildman–Crippen LogP) is 2.64. The van der Waals surface area contributed by atoms with E-state index in [2.05, 4.69) is 10.3 Å². The zero-order valence-electron chi connectivity index (χ0n) is 9.62. The number of aryl methyl sites for hydroxylation is 1. The van der Waals surface area contributed by atoms with Gasteiger partial charge in [-0.3, -0.25) is 0 Å². The van der Waals surface area contributed by atoms with Crippen molar-refractivity contribution in [2.45, 2.75) is 38.4 Å². The highest BCUT2D eigenvalue weighted by Gasteiger charge is 2.64. The molecule has 0 aliphatic heterocycles. The minimum absolute atomic E-state index is 0.231. The van der Waals surface area contributed by atoms with E-state index in [1.807, 2.05) is 0 Å². The Labute approximate surface area is 103 Å². The molecule has 1 rings (SSSR count). The van der Waals surface area contributed by atoms with E-state index in [1.54, 1.807) is 6.92 Å². The molecule has 0 unspecified atom stereocenters. The molecule has 1 aromatic heterocycles. The smallest absolute Gasteiger partial charge is 0.358 e. The Bertz CT molecular complexity index is 470. The third-order valence-corrected chi connectivity index (χ3v) is 2.27. The van der Waals surface area contributed by atoms with Crippen molar-refractivity contribution in [1.29, 1.82) is 0 Å². The molecule has 19 heavy (non-hydrogen) atoms. The number of hydrogen-bond acceptors (Lipinski definition) is 4. The van der Waals surface area contributed by atoms with Crippen LogP contribution in [0, 0.1) is 10.1 Å². The summed E-state index contributed by atoms with van der Waals surface area (Å²) in [6.07, 6.45) is -5.23. The molecular weight excluding hydrogens is 279 g/mol. The second-order valence-corrected chi connectivity index (χ2v) is 3.67. The average molecular weight is 288 g/mol. The molecule has 0 fully saturated rings. The van der Waals surface area contributed by atoms with E-state index in [9.17, 15) is 32.1 Å². The van der Waals surface area contributed by atoms with Crippen LogP contribution in [0.15, 0.2) is 0 Å². The third kappa shape index (κ3) is 2.79. The number of unbranched alkanes of at least 4 members (excludes halogenated alkanes) is 1. The van der Waals surface area contributed by atoms with Crippen molar-refractivity contribution >= 4 is 5.82 Å². The predicted molar refractivity (Wildman–Crippen MR) is 51.5 cm³/mol. The van der Waals surface area contributed by atoms with E-state index in [0.29, 0.717) is 6.42 Å². The first kappa shape index (κ1) is 15.2. The van der Waals surface area contributed by atoms with Crippen LogP contribution in [0.2, 0.25) is 0 Å². The largest absolute Gasteiger partial charge is 0.460 e. The van der Waals surface area contributed by atoms with E-state index < -0.39 is 28.5 Å². The van der Waals surface area contributed by atoms with Crippen molar-refractivity contribution in [3.05, 3.63) is 15.8 Å². The highest BCUT2D eigenvalue weighted by molar-refractivity contribution is 5.30. The van der Waals surface area contributed by atoms with Crippen LogP contribution in [0.4, 0.5) is 27.8 Å². The standard InChI is InChI=1S/C8H9F5N4O2/c1-2-3-4-16-5(6(14-15-16)17(18)19)7(9,10)8(11,12)13/h2-4H2,1H3. The molecule has 0 atom stereocenters. The van der Waals surface area contributed by atoms with Crippen molar-refractivity contribution in [3.8, 4) is 0 Å². The molecule has 1 aromatic rings. The molecule has 0 saturated heterocycles. The fourth-order valence-corrected chi connectivity index (χ4v) is 1.33. The van der Waals surface area contributed by atoms with Crippen molar-refractivity contribution < 1.29 is 26.9 Å². The monoisotopic (exact) mass is 288 g/mol. The summed E-state index contributed by atoms with van der Waals surface area (Å²) in [4.78, 5) is 9.06. The zero-order chi connectivity index (χ0) is 14.8. The molecule has 0 bridgehead atoms. The highest BCUT2D eigenvalue weighted by Crippen LogP contribution is 2.46. The van der Waals surface area contributed by atoms with Gasteiger partial charge in [-0.05, 0) is 11.3 Å². The van der Waals surface area contributed by atoms with E-state index in [1.165, 1.54) is 0 Å². The maximum absolute atomic E-state index is 13.3. The Morgan fingerprint density at radius 2 is 1.89 bits per heavy atom. The summed E-state index contributed by atoms with van der Waals surface area (Å²) >= 11 is 0. The second-order valence-electron chi connectivity index (χ2n) is 3.67. The van der Waals surface area contributed by atoms with E-state index in [4.69, 9.17) is 0 Å². The van der Waals surface area contributed by atoms with E-state index >= 15 is 0 Å². The number of nitro groups is 1. The molecule has 0 amide bonds. The Hall–Kier alpha value is -1.81. The molecule has 108 valence electrons. The van der Waals surface area contributed by atoms with Gasteiger partial charge in [-0.1, -0.05) is 13.3 Å². The third-order valence-electron chi connectivity index (χ3n) is 2.27. The van der Waals surface area contributed by atoms with Gasteiger partial charge in [0.15, 0.2) is 0 Å². The summed E-state index contributed by atoms with van der Waals surface area (Å²) in [5.74, 6) is -6.97. The number of aromatic nitrogens is 3. The lowest BCUT2D eigenvalue weighted by Crippen LogP contribution is -2.36. The molecule has 6 nitrogen and oxygen atoms in total. The van der Waals surface area contributed by atoms with Gasteiger partial charge in [0.2, 0.25) is 5.69 Å². The van der Waals surface area contributed by atoms with Crippen molar-refractivity contribution in [3.63, 3.8) is 0 Å². The second kappa shape index (κ2) is 5.05. The normalized spacial score (nSPS) is 12.7. The molecule has 1 heterocycles. The number of alkyl halides is 5. The summed E-state index contributed by atoms with van der Waals surface area (Å²) in [7, 11) is 0. The van der Waals surface area contributed by atoms with Crippen molar-refractivity contribution in [2.75, 3.05) is 0 Å². The lowest BCUT2D eigenvalue weighted by molar-refractivity contribution is -0.394. The van der Waals surface area contributed by atoms with Crippen LogP contribution in [0.25, 0.3) is 0 Å². The summed E-state index contributed by atoms with van der Waals surface area (Å²) in [5.41, 5.74) is -1.83. The van der Waals surface area contributed by atoms with Gasteiger partial charge < -0.3 is 10.1 Å². The molecule has 11 heteroatoms. The molecule has 0 aromatic carbocycles. The first-order valence-corrected chi connectivity index (χ1v) is 5.15. The summed E-state index contributed by atoms with van der Waals surface area (Å²) in [6, 6.07) is 0. The van der Waals surface area contributed by atoms with Crippen LogP contribution >= 0.6 is 0 Å². The number of hydrogen-bond donors (Lipinski definition) is 0. The lowest BCUT2D eigenvalue weighted by atomic mass is 10.2. The quantitative estimate of drug-likeness (QED) is 0.474. The number of rotatable bonds is 5. The number of nitrogens with zero attached hydrogens (tertiary/aromatic N) is 4. The lowest BCUT2D eigenvalue weighted by Gasteiger charge is -2.18. The Kier molecular flexibility index (Phi) is 4.06. The molecule has 0 saturated carbocycles. The van der Waals surface area contributed by atoms with Crippen LogP contribution in [0.5, 0.6) is 0 Å². The topological polar surface area (TPSA) is 73.8 Å². The van der Waals surface area contributed by atoms with Gasteiger partial charge in [-0.2, -0.15) is 22.0 Å². The van der Waals surface area contributed by atoms with Crippen LogP contribution in [-0.4, -0.2) is 26.1 Å². The zero-order valence-corrected chi connectivity index (χ0v) is 9.62. The van der Waals surface area contributed by atoms with E-state index in [-0.39, 0.29) is 17.6 Å². The average Bonchev–Trinajstić information content (AvgIpc) is 2.68.